The smallest absolute Gasteiger partial charge is 0.329 e. The van der Waals surface area contributed by atoms with Gasteiger partial charge in [0.1, 0.15) is 11.5 Å². The van der Waals surface area contributed by atoms with Crippen molar-refractivity contribution in [2.75, 3.05) is 19.0 Å². The maximum Gasteiger partial charge on any atom is 0.329 e. The van der Waals surface area contributed by atoms with Gasteiger partial charge >= 0.3 is 11.8 Å². The van der Waals surface area contributed by atoms with Crippen LogP contribution in [0, 0.1) is 0 Å². The molecule has 0 saturated heterocycles. The molecule has 0 atom stereocenters. The van der Waals surface area contributed by atoms with Gasteiger partial charge in [-0.3, -0.25) is 14.4 Å². The van der Waals surface area contributed by atoms with Crippen molar-refractivity contribution in [1.82, 2.24) is 10.7 Å². The van der Waals surface area contributed by atoms with Crippen molar-refractivity contribution < 1.29 is 23.9 Å². The van der Waals surface area contributed by atoms with Crippen LogP contribution in [0.3, 0.4) is 0 Å². The first-order valence-corrected chi connectivity index (χ1v) is 10.8. The number of benzene rings is 2. The van der Waals surface area contributed by atoms with Crippen LogP contribution in [0.15, 0.2) is 53.6 Å². The molecule has 0 heterocycles. The average molecular weight is 453 g/mol. The van der Waals surface area contributed by atoms with Gasteiger partial charge in [-0.1, -0.05) is 31.4 Å². The van der Waals surface area contributed by atoms with Crippen LogP contribution >= 0.6 is 0 Å². The molecule has 174 valence electrons. The zero-order valence-corrected chi connectivity index (χ0v) is 18.5. The summed E-state index contributed by atoms with van der Waals surface area (Å²) in [7, 11) is 1.47. The Morgan fingerprint density at radius 1 is 1.00 bits per heavy atom. The van der Waals surface area contributed by atoms with E-state index in [1.807, 2.05) is 0 Å². The predicted octanol–water partition coefficient (Wildman–Crippen LogP) is 2.61. The first-order valence-electron chi connectivity index (χ1n) is 10.8. The van der Waals surface area contributed by atoms with Crippen molar-refractivity contribution in [2.45, 2.75) is 38.1 Å². The van der Waals surface area contributed by atoms with Crippen molar-refractivity contribution in [3.05, 3.63) is 54.1 Å². The van der Waals surface area contributed by atoms with E-state index in [4.69, 9.17) is 9.47 Å². The normalized spacial score (nSPS) is 13.8. The molecule has 0 spiro atoms. The van der Waals surface area contributed by atoms with Crippen LogP contribution in [0.5, 0.6) is 11.5 Å². The van der Waals surface area contributed by atoms with Gasteiger partial charge in [0.25, 0.3) is 5.91 Å². The van der Waals surface area contributed by atoms with E-state index in [1.165, 1.54) is 19.7 Å². The molecular formula is C24H28N4O5. The summed E-state index contributed by atoms with van der Waals surface area (Å²) < 4.78 is 10.7. The lowest BCUT2D eigenvalue weighted by Crippen LogP contribution is -2.38. The zero-order chi connectivity index (χ0) is 23.5. The second-order valence-corrected chi connectivity index (χ2v) is 7.61. The van der Waals surface area contributed by atoms with Crippen LogP contribution in [0.1, 0.15) is 37.7 Å². The summed E-state index contributed by atoms with van der Waals surface area (Å²) in [5.74, 6) is -0.920. The maximum absolute atomic E-state index is 12.0. The Morgan fingerprint density at radius 2 is 1.73 bits per heavy atom. The number of amides is 3. The maximum atomic E-state index is 12.0. The number of hydrogen-bond acceptors (Lipinski definition) is 6. The van der Waals surface area contributed by atoms with Gasteiger partial charge in [-0.2, -0.15) is 5.10 Å². The molecule has 2 aromatic carbocycles. The quantitative estimate of drug-likeness (QED) is 0.323. The summed E-state index contributed by atoms with van der Waals surface area (Å²) >= 11 is 0. The molecule has 0 aromatic heterocycles. The topological polar surface area (TPSA) is 118 Å². The Bertz CT molecular complexity index is 985. The summed E-state index contributed by atoms with van der Waals surface area (Å²) in [6.07, 6.45) is 6.99. The first-order chi connectivity index (χ1) is 16.0. The lowest BCUT2D eigenvalue weighted by atomic mass is 9.95. The molecule has 0 unspecified atom stereocenters. The van der Waals surface area contributed by atoms with Gasteiger partial charge in [0, 0.05) is 6.04 Å². The van der Waals surface area contributed by atoms with E-state index in [0.717, 1.165) is 25.7 Å². The number of nitrogens with zero attached hydrogens (tertiary/aromatic N) is 1. The molecule has 9 nitrogen and oxygen atoms in total. The van der Waals surface area contributed by atoms with Crippen molar-refractivity contribution in [3.63, 3.8) is 0 Å². The second-order valence-electron chi connectivity index (χ2n) is 7.61. The van der Waals surface area contributed by atoms with Crippen LogP contribution in [0.2, 0.25) is 0 Å². The van der Waals surface area contributed by atoms with Gasteiger partial charge in [0.05, 0.1) is 19.0 Å². The fourth-order valence-corrected chi connectivity index (χ4v) is 3.46. The Hall–Kier alpha value is -3.88. The SMILES string of the molecule is COc1ccccc1NC(=O)C(=O)N/N=C\c1ccc(OCC(=O)NC2CCCCC2)cc1. The molecule has 0 radical (unpaired) electrons. The van der Waals surface area contributed by atoms with Gasteiger partial charge in [0.2, 0.25) is 0 Å². The first kappa shape index (κ1) is 23.8. The minimum absolute atomic E-state index is 0.0404. The Balaban J connectivity index is 1.41. The molecule has 0 bridgehead atoms. The molecule has 1 aliphatic carbocycles. The molecular weight excluding hydrogens is 424 g/mol. The van der Waals surface area contributed by atoms with Gasteiger partial charge in [-0.05, 0) is 54.8 Å². The molecule has 1 saturated carbocycles. The zero-order valence-electron chi connectivity index (χ0n) is 18.5. The highest BCUT2D eigenvalue weighted by molar-refractivity contribution is 6.39. The highest BCUT2D eigenvalue weighted by Gasteiger charge is 2.16. The van der Waals surface area contributed by atoms with Gasteiger partial charge in [0.15, 0.2) is 6.61 Å². The summed E-state index contributed by atoms with van der Waals surface area (Å²) in [6.45, 7) is -0.0404. The van der Waals surface area contributed by atoms with Crippen molar-refractivity contribution >= 4 is 29.6 Å². The Labute approximate surface area is 192 Å². The molecule has 1 aliphatic rings. The van der Waals surface area contributed by atoms with Crippen molar-refractivity contribution in [3.8, 4) is 11.5 Å². The Morgan fingerprint density at radius 3 is 2.45 bits per heavy atom. The highest BCUT2D eigenvalue weighted by atomic mass is 16.5. The number of nitrogens with one attached hydrogen (secondary N) is 3. The molecule has 1 fully saturated rings. The Kier molecular flexibility index (Phi) is 8.81. The summed E-state index contributed by atoms with van der Waals surface area (Å²) in [5.41, 5.74) is 3.24. The monoisotopic (exact) mass is 452 g/mol. The van der Waals surface area contributed by atoms with Crippen LogP contribution in [0.25, 0.3) is 0 Å². The fraction of sp³-hybridized carbons (Fsp3) is 0.333. The molecule has 3 amide bonds. The van der Waals surface area contributed by atoms with E-state index < -0.39 is 11.8 Å². The highest BCUT2D eigenvalue weighted by Crippen LogP contribution is 2.22. The number of hydrazone groups is 1. The lowest BCUT2D eigenvalue weighted by molar-refractivity contribution is -0.136. The van der Waals surface area contributed by atoms with Crippen LogP contribution < -0.4 is 25.5 Å². The number of hydrogen-bond donors (Lipinski definition) is 3. The largest absolute Gasteiger partial charge is 0.495 e. The summed E-state index contributed by atoms with van der Waals surface area (Å²) in [6, 6.07) is 13.8. The van der Waals surface area contributed by atoms with Crippen LogP contribution in [0.4, 0.5) is 5.69 Å². The lowest BCUT2D eigenvalue weighted by Gasteiger charge is -2.22. The van der Waals surface area contributed by atoms with Crippen molar-refractivity contribution in [2.24, 2.45) is 5.10 Å². The number of ether oxygens (including phenoxy) is 2. The van der Waals surface area contributed by atoms with E-state index in [0.29, 0.717) is 22.7 Å². The molecule has 9 heteroatoms. The number of carbonyl (C=O) groups is 3. The summed E-state index contributed by atoms with van der Waals surface area (Å²) in [4.78, 5) is 36.0. The van der Waals surface area contributed by atoms with Crippen LogP contribution in [-0.2, 0) is 14.4 Å². The fourth-order valence-electron chi connectivity index (χ4n) is 3.46. The molecule has 3 N–H and O–H groups in total. The number of methoxy groups -OCH3 is 1. The van der Waals surface area contributed by atoms with Crippen LogP contribution in [-0.4, -0.2) is 43.7 Å². The standard InChI is InChI=1S/C24H28N4O5/c1-32-21-10-6-5-9-20(21)27-23(30)24(31)28-25-15-17-11-13-19(14-12-17)33-16-22(29)26-18-7-3-2-4-8-18/h5-6,9-15,18H,2-4,7-8,16H2,1H3,(H,26,29)(H,27,30)(H,28,31)/b25-15-. The molecule has 0 aliphatic heterocycles. The van der Waals surface area contributed by atoms with E-state index in [2.05, 4.69) is 21.2 Å². The molecule has 3 rings (SSSR count). The van der Waals surface area contributed by atoms with Crippen molar-refractivity contribution in [1.29, 1.82) is 0 Å². The number of rotatable bonds is 8. The van der Waals surface area contributed by atoms with E-state index in [-0.39, 0.29) is 18.6 Å². The minimum atomic E-state index is -0.916. The van der Waals surface area contributed by atoms with Gasteiger partial charge < -0.3 is 20.1 Å². The molecule has 2 aromatic rings. The number of carbonyl (C=O) groups excluding carboxylic acids is 3. The minimum Gasteiger partial charge on any atom is -0.495 e. The van der Waals surface area contributed by atoms with Gasteiger partial charge in [-0.15, -0.1) is 0 Å². The van der Waals surface area contributed by atoms with E-state index in [9.17, 15) is 14.4 Å². The second kappa shape index (κ2) is 12.2. The van der Waals surface area contributed by atoms with Gasteiger partial charge in [-0.25, -0.2) is 5.43 Å². The third-order valence-corrected chi connectivity index (χ3v) is 5.16. The number of para-hydroxylation sites is 2. The summed E-state index contributed by atoms with van der Waals surface area (Å²) in [5, 5.41) is 9.27. The third-order valence-electron chi connectivity index (χ3n) is 5.16. The number of anilines is 1. The van der Waals surface area contributed by atoms with E-state index >= 15 is 0 Å². The third kappa shape index (κ3) is 7.64. The predicted molar refractivity (Wildman–Crippen MR) is 124 cm³/mol. The van der Waals surface area contributed by atoms with E-state index in [1.54, 1.807) is 48.5 Å². The molecule has 33 heavy (non-hydrogen) atoms. The average Bonchev–Trinajstić information content (AvgIpc) is 2.84.